The lowest BCUT2D eigenvalue weighted by atomic mass is 10.2. The zero-order valence-corrected chi connectivity index (χ0v) is 11.9. The van der Waals surface area contributed by atoms with Crippen LogP contribution in [0.25, 0.3) is 0 Å². The van der Waals surface area contributed by atoms with Gasteiger partial charge in [-0.3, -0.25) is 0 Å². The van der Waals surface area contributed by atoms with Crippen LogP contribution in [0.15, 0.2) is 12.4 Å². The van der Waals surface area contributed by atoms with Gasteiger partial charge in [-0.1, -0.05) is 12.8 Å². The monoisotopic (exact) mass is 253 g/mol. The van der Waals surface area contributed by atoms with E-state index in [2.05, 4.69) is 41.2 Å². The quantitative estimate of drug-likeness (QED) is 0.870. The number of rotatable bonds is 5. The molecule has 0 aromatic carbocycles. The largest absolute Gasteiger partial charge is 0.354 e. The Kier molecular flexibility index (Phi) is 4.02. The third-order valence-corrected chi connectivity index (χ3v) is 4.86. The molecule has 1 N–H and O–H groups in total. The average molecular weight is 253 g/mol. The van der Waals surface area contributed by atoms with Crippen molar-refractivity contribution in [1.29, 1.82) is 0 Å². The van der Waals surface area contributed by atoms with Gasteiger partial charge < -0.3 is 9.88 Å². The van der Waals surface area contributed by atoms with Crippen molar-refractivity contribution in [1.82, 2.24) is 9.55 Å². The second-order valence-electron chi connectivity index (χ2n) is 5.41. The highest BCUT2D eigenvalue weighted by Gasteiger charge is 2.21. The molecule has 0 spiro atoms. The summed E-state index contributed by atoms with van der Waals surface area (Å²) < 4.78 is 2.58. The first-order chi connectivity index (χ1) is 8.12. The molecule has 1 aromatic rings. The van der Waals surface area contributed by atoms with E-state index in [4.69, 9.17) is 0 Å². The highest BCUT2D eigenvalue weighted by molar-refractivity contribution is 7.99. The second-order valence-corrected chi connectivity index (χ2v) is 6.93. The van der Waals surface area contributed by atoms with Gasteiger partial charge in [0.2, 0.25) is 5.95 Å². The number of hydrogen-bond acceptors (Lipinski definition) is 3. The van der Waals surface area contributed by atoms with Crippen molar-refractivity contribution in [2.24, 2.45) is 0 Å². The first kappa shape index (κ1) is 12.8. The fourth-order valence-electron chi connectivity index (χ4n) is 2.29. The van der Waals surface area contributed by atoms with Crippen molar-refractivity contribution < 1.29 is 0 Å². The topological polar surface area (TPSA) is 29.9 Å². The van der Waals surface area contributed by atoms with E-state index in [1.165, 1.54) is 25.7 Å². The number of imidazole rings is 1. The molecule has 0 aliphatic heterocycles. The van der Waals surface area contributed by atoms with Gasteiger partial charge in [0.15, 0.2) is 0 Å². The molecule has 4 heteroatoms. The number of aromatic nitrogens is 2. The van der Waals surface area contributed by atoms with Crippen LogP contribution < -0.4 is 5.32 Å². The fraction of sp³-hybridized carbons (Fsp3) is 0.769. The molecule has 17 heavy (non-hydrogen) atoms. The molecule has 1 heterocycles. The normalized spacial score (nSPS) is 17.6. The predicted molar refractivity (Wildman–Crippen MR) is 75.8 cm³/mol. The molecule has 0 atom stereocenters. The molecular formula is C13H23N3S. The van der Waals surface area contributed by atoms with Crippen LogP contribution in [0.3, 0.4) is 0 Å². The van der Waals surface area contributed by atoms with Crippen LogP contribution >= 0.6 is 11.8 Å². The third-order valence-electron chi connectivity index (χ3n) is 3.61. The van der Waals surface area contributed by atoms with E-state index in [1.54, 1.807) is 0 Å². The molecule has 1 aromatic heterocycles. The number of hydrogen-bond donors (Lipinski definition) is 1. The number of anilines is 1. The van der Waals surface area contributed by atoms with Crippen LogP contribution in [-0.4, -0.2) is 27.1 Å². The maximum atomic E-state index is 4.44. The molecule has 0 bridgehead atoms. The zero-order valence-electron chi connectivity index (χ0n) is 11.1. The number of thioether (sulfide) groups is 1. The molecule has 3 nitrogen and oxygen atoms in total. The molecule has 1 fully saturated rings. The Bertz CT molecular complexity index is 353. The summed E-state index contributed by atoms with van der Waals surface area (Å²) in [4.78, 5) is 4.44. The van der Waals surface area contributed by atoms with E-state index < -0.39 is 0 Å². The molecular weight excluding hydrogens is 230 g/mol. The predicted octanol–water partition coefficient (Wildman–Crippen LogP) is 3.55. The van der Waals surface area contributed by atoms with Crippen LogP contribution in [0.4, 0.5) is 5.95 Å². The lowest BCUT2D eigenvalue weighted by Crippen LogP contribution is -2.27. The molecule has 0 unspecified atom stereocenters. The van der Waals surface area contributed by atoms with Crippen LogP contribution in [0.2, 0.25) is 0 Å². The van der Waals surface area contributed by atoms with E-state index in [-0.39, 0.29) is 4.75 Å². The Morgan fingerprint density at radius 1 is 1.47 bits per heavy atom. The van der Waals surface area contributed by atoms with Gasteiger partial charge >= 0.3 is 0 Å². The summed E-state index contributed by atoms with van der Waals surface area (Å²) in [5.74, 6) is 1.04. The van der Waals surface area contributed by atoms with Crippen molar-refractivity contribution in [3.63, 3.8) is 0 Å². The first-order valence-electron chi connectivity index (χ1n) is 6.44. The van der Waals surface area contributed by atoms with E-state index in [9.17, 15) is 0 Å². The van der Waals surface area contributed by atoms with E-state index in [1.807, 2.05) is 18.0 Å². The molecule has 0 radical (unpaired) electrons. The van der Waals surface area contributed by atoms with Gasteiger partial charge in [-0.25, -0.2) is 4.98 Å². The van der Waals surface area contributed by atoms with Gasteiger partial charge in [0.25, 0.3) is 0 Å². The Morgan fingerprint density at radius 2 is 2.18 bits per heavy atom. The molecule has 1 saturated carbocycles. The summed E-state index contributed by atoms with van der Waals surface area (Å²) in [5, 5.41) is 3.49. The van der Waals surface area contributed by atoms with Gasteiger partial charge in [-0.2, -0.15) is 11.8 Å². The van der Waals surface area contributed by atoms with Gasteiger partial charge in [0.05, 0.1) is 0 Å². The Hall–Kier alpha value is -0.640. The molecule has 1 aliphatic carbocycles. The average Bonchev–Trinajstić information content (AvgIpc) is 2.96. The van der Waals surface area contributed by atoms with Gasteiger partial charge in [0, 0.05) is 29.7 Å². The van der Waals surface area contributed by atoms with Crippen molar-refractivity contribution >= 4 is 17.7 Å². The van der Waals surface area contributed by atoms with Gasteiger partial charge in [-0.15, -0.1) is 0 Å². The minimum absolute atomic E-state index is 0.256. The third kappa shape index (κ3) is 3.18. The van der Waals surface area contributed by atoms with Crippen molar-refractivity contribution in [3.8, 4) is 0 Å². The highest BCUT2D eigenvalue weighted by Crippen LogP contribution is 2.31. The summed E-state index contributed by atoms with van der Waals surface area (Å²) in [7, 11) is 0. The zero-order chi connectivity index (χ0) is 12.3. The van der Waals surface area contributed by atoms with Gasteiger partial charge in [-0.05, 0) is 32.9 Å². The Labute approximate surface area is 108 Å². The summed E-state index contributed by atoms with van der Waals surface area (Å²) in [5.41, 5.74) is 0. The molecule has 0 saturated heterocycles. The highest BCUT2D eigenvalue weighted by atomic mass is 32.2. The molecule has 96 valence electrons. The summed E-state index contributed by atoms with van der Waals surface area (Å²) in [6.45, 7) is 5.47. The Balaban J connectivity index is 1.99. The SMILES string of the molecule is CSC(C)(C)CNc1nccn1C1CCCC1. The molecule has 2 rings (SSSR count). The number of nitrogens with one attached hydrogen (secondary N) is 1. The van der Waals surface area contributed by atoms with Crippen molar-refractivity contribution in [3.05, 3.63) is 12.4 Å². The minimum Gasteiger partial charge on any atom is -0.354 e. The number of nitrogens with zero attached hydrogens (tertiary/aromatic N) is 2. The summed E-state index contributed by atoms with van der Waals surface area (Å²) >= 11 is 1.89. The Morgan fingerprint density at radius 3 is 2.82 bits per heavy atom. The molecule has 1 aliphatic rings. The van der Waals surface area contributed by atoms with E-state index >= 15 is 0 Å². The fourth-order valence-corrected chi connectivity index (χ4v) is 2.51. The van der Waals surface area contributed by atoms with Crippen molar-refractivity contribution in [2.75, 3.05) is 18.1 Å². The summed E-state index contributed by atoms with van der Waals surface area (Å²) in [6.07, 6.45) is 11.5. The lowest BCUT2D eigenvalue weighted by molar-refractivity contribution is 0.522. The summed E-state index contributed by atoms with van der Waals surface area (Å²) in [6, 6.07) is 0.664. The minimum atomic E-state index is 0.256. The second kappa shape index (κ2) is 5.34. The van der Waals surface area contributed by atoms with E-state index in [0.29, 0.717) is 6.04 Å². The van der Waals surface area contributed by atoms with Crippen LogP contribution in [-0.2, 0) is 0 Å². The van der Waals surface area contributed by atoms with E-state index in [0.717, 1.165) is 12.5 Å². The smallest absolute Gasteiger partial charge is 0.203 e. The maximum absolute atomic E-state index is 4.44. The standard InChI is InChI=1S/C13H23N3S/c1-13(2,17-3)10-15-12-14-8-9-16(12)11-6-4-5-7-11/h8-9,11H,4-7,10H2,1-3H3,(H,14,15). The van der Waals surface area contributed by atoms with Gasteiger partial charge in [0.1, 0.15) is 0 Å². The van der Waals surface area contributed by atoms with Crippen LogP contribution in [0.1, 0.15) is 45.6 Å². The molecule has 0 amide bonds. The first-order valence-corrected chi connectivity index (χ1v) is 7.67. The van der Waals surface area contributed by atoms with Crippen LogP contribution in [0.5, 0.6) is 0 Å². The van der Waals surface area contributed by atoms with Crippen LogP contribution in [0, 0.1) is 0 Å². The lowest BCUT2D eigenvalue weighted by Gasteiger charge is -2.24. The van der Waals surface area contributed by atoms with Crippen molar-refractivity contribution in [2.45, 2.75) is 50.3 Å². The maximum Gasteiger partial charge on any atom is 0.203 e.